The van der Waals surface area contributed by atoms with Gasteiger partial charge in [-0.15, -0.1) is 0 Å². The van der Waals surface area contributed by atoms with Gasteiger partial charge in [-0.2, -0.15) is 0 Å². The number of ether oxygens (including phenoxy) is 2. The fraction of sp³-hybridized carbons (Fsp3) is 0.717. The molecule has 0 aromatic heterocycles. The van der Waals surface area contributed by atoms with Crippen molar-refractivity contribution in [1.82, 2.24) is 0 Å². The molecule has 0 aliphatic heterocycles. The van der Waals surface area contributed by atoms with E-state index in [1.54, 1.807) is 12.2 Å². The Morgan fingerprint density at radius 3 is 1.91 bits per heavy atom. The van der Waals surface area contributed by atoms with Gasteiger partial charge in [0.2, 0.25) is 0 Å². The topological polar surface area (TPSA) is 273 Å². The van der Waals surface area contributed by atoms with Crippen LogP contribution in [0.3, 0.4) is 0 Å². The molecule has 0 radical (unpaired) electrons. The number of allylic oxidation sites excluding steroid dienone is 8. The van der Waals surface area contributed by atoms with Crippen LogP contribution in [0.5, 0.6) is 0 Å². The molecule has 7 N–H and O–H groups in total. The van der Waals surface area contributed by atoms with Crippen LogP contribution in [0.1, 0.15) is 142 Å². The largest absolute Gasteiger partial charge is 0.472 e. The molecule has 1 saturated carbocycles. The SMILES string of the molecule is CC/C=C\C/C=C\C/C=C\C/C=C\CCCCCCC(=O)OC[C@H](COP(=O)(O)OC[C@@H](O)COP(=O)(O)O)OC(=O)CCCCC(=O)C[C@@H]1[C@@H](/C=C/[C@@H](O)CCCCC)[C@H](O)C[C@@H]1O. The molecule has 1 unspecified atom stereocenters. The molecule has 1 fully saturated rings. The van der Waals surface area contributed by atoms with Gasteiger partial charge in [0.05, 0.1) is 38.1 Å². The lowest BCUT2D eigenvalue weighted by Crippen LogP contribution is -2.30. The number of aliphatic hydroxyl groups is 4. The summed E-state index contributed by atoms with van der Waals surface area (Å²) in [4.78, 5) is 65.9. The summed E-state index contributed by atoms with van der Waals surface area (Å²) in [5, 5.41) is 41.1. The van der Waals surface area contributed by atoms with Crippen molar-refractivity contribution in [1.29, 1.82) is 0 Å². The molecule has 1 aliphatic rings. The smallest absolute Gasteiger partial charge is 0.462 e. The van der Waals surface area contributed by atoms with Crippen molar-refractivity contribution in [2.45, 2.75) is 173 Å². The lowest BCUT2D eigenvalue weighted by Gasteiger charge is -2.21. The van der Waals surface area contributed by atoms with E-state index in [1.165, 1.54) is 0 Å². The molecule has 0 spiro atoms. The van der Waals surface area contributed by atoms with Crippen molar-refractivity contribution in [3.8, 4) is 0 Å². The number of carbonyl (C=O) groups excluding carboxylic acids is 3. The summed E-state index contributed by atoms with van der Waals surface area (Å²) >= 11 is 0. The molecule has 65 heavy (non-hydrogen) atoms. The van der Waals surface area contributed by atoms with E-state index in [9.17, 15) is 48.8 Å². The molecule has 0 aromatic carbocycles. The minimum absolute atomic E-state index is 0.0113. The van der Waals surface area contributed by atoms with Crippen LogP contribution in [0, 0.1) is 11.8 Å². The Labute approximate surface area is 385 Å². The van der Waals surface area contributed by atoms with Crippen LogP contribution in [-0.4, -0.2) is 110 Å². The predicted octanol–water partition coefficient (Wildman–Crippen LogP) is 7.57. The fourth-order valence-electron chi connectivity index (χ4n) is 6.80. The number of unbranched alkanes of at least 4 members (excludes halogenated alkanes) is 7. The number of phosphoric ester groups is 2. The zero-order valence-corrected chi connectivity index (χ0v) is 40.2. The van der Waals surface area contributed by atoms with Gasteiger partial charge in [-0.1, -0.05) is 107 Å². The second-order valence-corrected chi connectivity index (χ2v) is 19.0. The lowest BCUT2D eigenvalue weighted by molar-refractivity contribution is -0.161. The number of esters is 2. The molecule has 0 saturated heterocycles. The summed E-state index contributed by atoms with van der Waals surface area (Å²) < 4.78 is 47.7. The quantitative estimate of drug-likeness (QED) is 0.0135. The van der Waals surface area contributed by atoms with E-state index in [0.717, 1.165) is 70.6 Å². The summed E-state index contributed by atoms with van der Waals surface area (Å²) in [6.45, 7) is 1.07. The number of aliphatic hydroxyl groups excluding tert-OH is 4. The number of phosphoric acid groups is 2. The summed E-state index contributed by atoms with van der Waals surface area (Å²) in [6.07, 6.45) is 27.0. The first-order valence-corrected chi connectivity index (χ1v) is 26.2. The molecule has 17 nitrogen and oxygen atoms in total. The lowest BCUT2D eigenvalue weighted by atomic mass is 9.87. The molecule has 0 bridgehead atoms. The average molecular weight is 965 g/mol. The Morgan fingerprint density at radius 2 is 1.25 bits per heavy atom. The minimum atomic E-state index is -4.92. The average Bonchev–Trinajstić information content (AvgIpc) is 3.51. The number of rotatable bonds is 39. The van der Waals surface area contributed by atoms with Gasteiger partial charge >= 0.3 is 27.6 Å². The van der Waals surface area contributed by atoms with E-state index in [0.29, 0.717) is 19.3 Å². The van der Waals surface area contributed by atoms with Gasteiger partial charge in [0.15, 0.2) is 6.10 Å². The molecule has 19 heteroatoms. The first-order chi connectivity index (χ1) is 31.0. The molecule has 0 heterocycles. The second-order valence-electron chi connectivity index (χ2n) is 16.3. The first-order valence-electron chi connectivity index (χ1n) is 23.2. The van der Waals surface area contributed by atoms with E-state index in [-0.39, 0.29) is 44.3 Å². The van der Waals surface area contributed by atoms with Crippen LogP contribution in [0.2, 0.25) is 0 Å². The Hall–Kier alpha value is -2.63. The Kier molecular flexibility index (Phi) is 33.8. The van der Waals surface area contributed by atoms with Crippen LogP contribution < -0.4 is 0 Å². The highest BCUT2D eigenvalue weighted by atomic mass is 31.2. The summed E-state index contributed by atoms with van der Waals surface area (Å²) in [5.74, 6) is -2.53. The van der Waals surface area contributed by atoms with Gasteiger partial charge in [-0.05, 0) is 64.2 Å². The van der Waals surface area contributed by atoms with Gasteiger partial charge in [0, 0.05) is 43.9 Å². The molecular weight excluding hydrogens is 886 g/mol. The van der Waals surface area contributed by atoms with Crippen molar-refractivity contribution >= 4 is 33.4 Å². The fourth-order valence-corrected chi connectivity index (χ4v) is 7.96. The van der Waals surface area contributed by atoms with Crippen LogP contribution in [0.4, 0.5) is 0 Å². The zero-order chi connectivity index (χ0) is 48.4. The number of ketones is 1. The standard InChI is InChI=1S/C46H78O17P2/c1-3-5-7-8-9-10-11-12-13-14-15-16-17-18-19-20-22-27-45(52)59-35-40(36-62-65(57,58)61-34-39(49)33-60-64(54,55)56)63-46(53)28-24-23-26-38(48)31-42-41(43(50)32-44(42)51)30-29-37(47)25-21-6-4-2/h5,7,9-10,12-13,15-16,29-30,37,39-44,47,49-51H,3-4,6,8,11,14,17-28,31-36H2,1-2H3,(H,57,58)(H2,54,55,56)/b7-5-,10-9-,13-12-,16-15-,30-29+/t37-,39-,40+,41+,42+,43+,44-/m0/s1. The predicted molar refractivity (Wildman–Crippen MR) is 246 cm³/mol. The van der Waals surface area contributed by atoms with Gasteiger partial charge in [-0.3, -0.25) is 28.0 Å². The molecule has 0 aromatic rings. The number of carbonyl (C=O) groups is 3. The monoisotopic (exact) mass is 964 g/mol. The van der Waals surface area contributed by atoms with E-state index < -0.39 is 96.4 Å². The van der Waals surface area contributed by atoms with E-state index >= 15 is 0 Å². The molecule has 1 aliphatic carbocycles. The zero-order valence-electron chi connectivity index (χ0n) is 38.4. The second kappa shape index (κ2) is 36.4. The maximum atomic E-state index is 12.9. The van der Waals surface area contributed by atoms with Gasteiger partial charge in [-0.25, -0.2) is 9.13 Å². The number of Topliss-reactive ketones (excluding diaryl/α,β-unsaturated/α-hetero) is 1. The highest BCUT2D eigenvalue weighted by molar-refractivity contribution is 7.47. The van der Waals surface area contributed by atoms with E-state index in [2.05, 4.69) is 71.5 Å². The molecule has 374 valence electrons. The third-order valence-corrected chi connectivity index (χ3v) is 11.8. The summed E-state index contributed by atoms with van der Waals surface area (Å²) in [5.41, 5.74) is 0. The number of hydrogen-bond acceptors (Lipinski definition) is 14. The highest BCUT2D eigenvalue weighted by Crippen LogP contribution is 2.44. The maximum absolute atomic E-state index is 12.9. The van der Waals surface area contributed by atoms with Gasteiger partial charge in [0.25, 0.3) is 0 Å². The normalized spacial score (nSPS) is 20.6. The van der Waals surface area contributed by atoms with Gasteiger partial charge in [0.1, 0.15) is 18.5 Å². The maximum Gasteiger partial charge on any atom is 0.472 e. The van der Waals surface area contributed by atoms with Crippen LogP contribution in [-0.2, 0) is 46.6 Å². The van der Waals surface area contributed by atoms with Crippen molar-refractivity contribution in [2.24, 2.45) is 11.8 Å². The molecular formula is C46H78O17P2. The first kappa shape index (κ1) is 60.4. The Balaban J connectivity index is 2.59. The van der Waals surface area contributed by atoms with Crippen LogP contribution >= 0.6 is 15.6 Å². The highest BCUT2D eigenvalue weighted by Gasteiger charge is 2.41. The van der Waals surface area contributed by atoms with Crippen molar-refractivity contribution < 1.29 is 81.7 Å². The summed E-state index contributed by atoms with van der Waals surface area (Å²) in [7, 11) is -9.84. The van der Waals surface area contributed by atoms with Crippen molar-refractivity contribution in [3.63, 3.8) is 0 Å². The summed E-state index contributed by atoms with van der Waals surface area (Å²) in [6, 6.07) is 0. The Morgan fingerprint density at radius 1 is 0.662 bits per heavy atom. The molecule has 8 atom stereocenters. The van der Waals surface area contributed by atoms with Crippen molar-refractivity contribution in [2.75, 3.05) is 26.4 Å². The molecule has 0 amide bonds. The number of hydrogen-bond donors (Lipinski definition) is 7. The third-order valence-electron chi connectivity index (χ3n) is 10.4. The van der Waals surface area contributed by atoms with Crippen LogP contribution in [0.25, 0.3) is 0 Å². The van der Waals surface area contributed by atoms with Crippen molar-refractivity contribution in [3.05, 3.63) is 60.8 Å². The third kappa shape index (κ3) is 33.5. The van der Waals surface area contributed by atoms with Crippen LogP contribution in [0.15, 0.2) is 60.8 Å². The van der Waals surface area contributed by atoms with E-state index in [1.807, 2.05) is 0 Å². The van der Waals surface area contributed by atoms with E-state index in [4.69, 9.17) is 23.8 Å². The van der Waals surface area contributed by atoms with Gasteiger partial charge < -0.3 is 44.6 Å². The minimum Gasteiger partial charge on any atom is -0.462 e. The Bertz CT molecular complexity index is 1560. The molecule has 1 rings (SSSR count).